The van der Waals surface area contributed by atoms with Gasteiger partial charge in [0.25, 0.3) is 0 Å². The van der Waals surface area contributed by atoms with Gasteiger partial charge in [-0.25, -0.2) is 4.39 Å². The number of likely N-dealkylation sites (tertiary alicyclic amines) is 1. The Bertz CT molecular complexity index is 370. The third-order valence-electron chi connectivity index (χ3n) is 2.93. The minimum atomic E-state index is -0.347. The average Bonchev–Trinajstić information content (AvgIpc) is 2.24. The summed E-state index contributed by atoms with van der Waals surface area (Å²) in [6.45, 7) is 2.68. The zero-order chi connectivity index (χ0) is 11.5. The van der Waals surface area contributed by atoms with Crippen LogP contribution in [-0.4, -0.2) is 24.0 Å². The van der Waals surface area contributed by atoms with E-state index in [0.717, 1.165) is 38.0 Å². The molecule has 0 spiro atoms. The lowest BCUT2D eigenvalue weighted by Gasteiger charge is -2.30. The number of rotatable bonds is 2. The molecule has 1 heterocycles. The standard InChI is InChI=1S/C12H16ClFN2/c13-11-4-3-9(6-12(11)14)7-16-5-1-2-10(15)8-16/h3-4,6,10H,1-2,5,7-8,15H2/t10-/m0/s1. The SMILES string of the molecule is N[C@H]1CCCN(Cc2ccc(Cl)c(F)c2)C1. The number of hydrogen-bond acceptors (Lipinski definition) is 2. The van der Waals surface area contributed by atoms with E-state index in [9.17, 15) is 4.39 Å². The molecule has 1 aromatic rings. The van der Waals surface area contributed by atoms with Gasteiger partial charge in [0.2, 0.25) is 0 Å². The van der Waals surface area contributed by atoms with Crippen molar-refractivity contribution >= 4 is 11.6 Å². The Morgan fingerprint density at radius 2 is 2.31 bits per heavy atom. The summed E-state index contributed by atoms with van der Waals surface area (Å²) in [7, 11) is 0. The Morgan fingerprint density at radius 1 is 1.50 bits per heavy atom. The maximum atomic E-state index is 13.2. The maximum absolute atomic E-state index is 13.2. The van der Waals surface area contributed by atoms with E-state index in [4.69, 9.17) is 17.3 Å². The Kier molecular flexibility index (Phi) is 3.79. The van der Waals surface area contributed by atoms with E-state index in [1.165, 1.54) is 6.07 Å². The predicted octanol–water partition coefficient (Wildman–Crippen LogP) is 2.40. The molecule has 0 aliphatic carbocycles. The first-order valence-corrected chi connectivity index (χ1v) is 5.95. The van der Waals surface area contributed by atoms with Crippen molar-refractivity contribution in [3.05, 3.63) is 34.6 Å². The van der Waals surface area contributed by atoms with Crippen molar-refractivity contribution in [2.24, 2.45) is 5.73 Å². The number of nitrogens with two attached hydrogens (primary N) is 1. The molecule has 2 rings (SSSR count). The lowest BCUT2D eigenvalue weighted by molar-refractivity contribution is 0.201. The van der Waals surface area contributed by atoms with Crippen LogP contribution < -0.4 is 5.73 Å². The van der Waals surface area contributed by atoms with Gasteiger partial charge in [-0.3, -0.25) is 4.90 Å². The second-order valence-corrected chi connectivity index (χ2v) is 4.79. The maximum Gasteiger partial charge on any atom is 0.142 e. The zero-order valence-electron chi connectivity index (χ0n) is 9.13. The smallest absolute Gasteiger partial charge is 0.142 e. The Morgan fingerprint density at radius 3 is 3.00 bits per heavy atom. The van der Waals surface area contributed by atoms with Crippen LogP contribution in [-0.2, 0) is 6.54 Å². The third kappa shape index (κ3) is 2.94. The molecule has 16 heavy (non-hydrogen) atoms. The van der Waals surface area contributed by atoms with Crippen LogP contribution >= 0.6 is 11.6 Å². The molecule has 1 aliphatic heterocycles. The van der Waals surface area contributed by atoms with Gasteiger partial charge in [0.1, 0.15) is 5.82 Å². The summed E-state index contributed by atoms with van der Waals surface area (Å²) in [6, 6.07) is 5.23. The largest absolute Gasteiger partial charge is 0.327 e. The first-order chi connectivity index (χ1) is 7.65. The van der Waals surface area contributed by atoms with Crippen LogP contribution in [0.15, 0.2) is 18.2 Å². The fraction of sp³-hybridized carbons (Fsp3) is 0.500. The van der Waals surface area contributed by atoms with E-state index < -0.39 is 0 Å². The number of hydrogen-bond donors (Lipinski definition) is 1. The highest BCUT2D eigenvalue weighted by molar-refractivity contribution is 6.30. The lowest BCUT2D eigenvalue weighted by Crippen LogP contribution is -2.42. The van der Waals surface area contributed by atoms with Gasteiger partial charge in [-0.1, -0.05) is 17.7 Å². The minimum absolute atomic E-state index is 0.180. The second-order valence-electron chi connectivity index (χ2n) is 4.39. The Balaban J connectivity index is 2.00. The number of piperidine rings is 1. The molecule has 0 saturated carbocycles. The van der Waals surface area contributed by atoms with Crippen molar-refractivity contribution in [1.29, 1.82) is 0 Å². The summed E-state index contributed by atoms with van der Waals surface area (Å²) in [5.74, 6) is -0.347. The first kappa shape index (κ1) is 11.8. The molecule has 1 fully saturated rings. The van der Waals surface area contributed by atoms with Gasteiger partial charge in [0.15, 0.2) is 0 Å². The summed E-state index contributed by atoms with van der Waals surface area (Å²) < 4.78 is 13.2. The van der Waals surface area contributed by atoms with Gasteiger partial charge in [0.05, 0.1) is 5.02 Å². The van der Waals surface area contributed by atoms with E-state index in [1.807, 2.05) is 6.07 Å². The topological polar surface area (TPSA) is 29.3 Å². The van der Waals surface area contributed by atoms with E-state index in [1.54, 1.807) is 6.07 Å². The van der Waals surface area contributed by atoms with Gasteiger partial charge < -0.3 is 5.73 Å². The second kappa shape index (κ2) is 5.13. The highest BCUT2D eigenvalue weighted by atomic mass is 35.5. The number of halogens is 2. The fourth-order valence-corrected chi connectivity index (χ4v) is 2.25. The molecule has 0 unspecified atom stereocenters. The van der Waals surface area contributed by atoms with Gasteiger partial charge in [-0.05, 0) is 37.1 Å². The third-order valence-corrected chi connectivity index (χ3v) is 3.24. The molecule has 2 N–H and O–H groups in total. The molecule has 0 bridgehead atoms. The van der Waals surface area contributed by atoms with Crippen LogP contribution in [0.5, 0.6) is 0 Å². The number of nitrogens with zero attached hydrogens (tertiary/aromatic N) is 1. The Hall–Kier alpha value is -0.640. The van der Waals surface area contributed by atoms with Crippen molar-refractivity contribution in [2.75, 3.05) is 13.1 Å². The minimum Gasteiger partial charge on any atom is -0.327 e. The average molecular weight is 243 g/mol. The van der Waals surface area contributed by atoms with Crippen LogP contribution in [0.25, 0.3) is 0 Å². The monoisotopic (exact) mass is 242 g/mol. The van der Waals surface area contributed by atoms with Crippen LogP contribution in [0, 0.1) is 5.82 Å². The molecule has 1 aromatic carbocycles. The summed E-state index contributed by atoms with van der Waals surface area (Å²) >= 11 is 5.64. The highest BCUT2D eigenvalue weighted by Gasteiger charge is 2.16. The zero-order valence-corrected chi connectivity index (χ0v) is 9.88. The molecule has 0 amide bonds. The van der Waals surface area contributed by atoms with Gasteiger partial charge >= 0.3 is 0 Å². The molecule has 0 radical (unpaired) electrons. The van der Waals surface area contributed by atoms with E-state index >= 15 is 0 Å². The molecule has 0 aromatic heterocycles. The molecule has 88 valence electrons. The van der Waals surface area contributed by atoms with Crippen LogP contribution in [0.2, 0.25) is 5.02 Å². The van der Waals surface area contributed by atoms with Crippen molar-refractivity contribution in [1.82, 2.24) is 4.90 Å². The summed E-state index contributed by atoms with van der Waals surface area (Å²) in [5.41, 5.74) is 6.85. The fourth-order valence-electron chi connectivity index (χ4n) is 2.13. The van der Waals surface area contributed by atoms with Crippen molar-refractivity contribution in [3.8, 4) is 0 Å². The van der Waals surface area contributed by atoms with E-state index in [2.05, 4.69) is 4.90 Å². The highest BCUT2D eigenvalue weighted by Crippen LogP contribution is 2.18. The quantitative estimate of drug-likeness (QED) is 0.863. The molecule has 1 aliphatic rings. The summed E-state index contributed by atoms with van der Waals surface area (Å²) in [5, 5.41) is 0.180. The molecular weight excluding hydrogens is 227 g/mol. The van der Waals surface area contributed by atoms with Gasteiger partial charge in [-0.15, -0.1) is 0 Å². The van der Waals surface area contributed by atoms with Crippen molar-refractivity contribution in [3.63, 3.8) is 0 Å². The van der Waals surface area contributed by atoms with Gasteiger partial charge in [0, 0.05) is 19.1 Å². The molecular formula is C12H16ClFN2. The summed E-state index contributed by atoms with van der Waals surface area (Å²) in [6.07, 6.45) is 2.21. The van der Waals surface area contributed by atoms with Gasteiger partial charge in [-0.2, -0.15) is 0 Å². The molecule has 1 atom stereocenters. The van der Waals surface area contributed by atoms with E-state index in [-0.39, 0.29) is 16.9 Å². The van der Waals surface area contributed by atoms with Crippen LogP contribution in [0.3, 0.4) is 0 Å². The van der Waals surface area contributed by atoms with Crippen molar-refractivity contribution < 1.29 is 4.39 Å². The van der Waals surface area contributed by atoms with E-state index in [0.29, 0.717) is 0 Å². The normalized spacial score (nSPS) is 22.3. The molecule has 1 saturated heterocycles. The Labute approximate surface area is 100 Å². The summed E-state index contributed by atoms with van der Waals surface area (Å²) in [4.78, 5) is 2.26. The van der Waals surface area contributed by atoms with Crippen molar-refractivity contribution in [2.45, 2.75) is 25.4 Å². The van der Waals surface area contributed by atoms with Crippen LogP contribution in [0.4, 0.5) is 4.39 Å². The number of benzene rings is 1. The van der Waals surface area contributed by atoms with Crippen LogP contribution in [0.1, 0.15) is 18.4 Å². The lowest BCUT2D eigenvalue weighted by atomic mass is 10.1. The first-order valence-electron chi connectivity index (χ1n) is 5.57. The molecule has 2 nitrogen and oxygen atoms in total. The predicted molar refractivity (Wildman–Crippen MR) is 63.9 cm³/mol. The molecule has 4 heteroatoms.